The molecule has 3 aromatic carbocycles. The highest BCUT2D eigenvalue weighted by Crippen LogP contribution is 2.35. The maximum Gasteiger partial charge on any atom is 0.244 e. The number of methoxy groups -OCH3 is 1. The predicted molar refractivity (Wildman–Crippen MR) is 170 cm³/mol. The van der Waals surface area contributed by atoms with Gasteiger partial charge in [0, 0.05) is 25.1 Å². The summed E-state index contributed by atoms with van der Waals surface area (Å²) < 4.78 is 44.7. The van der Waals surface area contributed by atoms with Crippen molar-refractivity contribution in [2.75, 3.05) is 36.9 Å². The second kappa shape index (κ2) is 15.0. The van der Waals surface area contributed by atoms with Crippen molar-refractivity contribution >= 4 is 27.5 Å². The SMILES string of the molecule is CC[C@@H](C)NC(=O)[C@@H](Cc1ccccc1)N(Cc1cccc(OC)c1)C(=O)CN(c1ccc2c(c1)OCCO2)S(=O)(=O)CC. The van der Waals surface area contributed by atoms with Crippen LogP contribution in [0.4, 0.5) is 5.69 Å². The average Bonchev–Trinajstić information content (AvgIpc) is 3.05. The molecule has 0 unspecified atom stereocenters. The van der Waals surface area contributed by atoms with Crippen LogP contribution in [-0.4, -0.2) is 69.8 Å². The number of rotatable bonds is 14. The van der Waals surface area contributed by atoms with Crippen LogP contribution >= 0.6 is 0 Å². The predicted octanol–water partition coefficient (Wildman–Crippen LogP) is 4.18. The molecule has 3 aromatic rings. The molecule has 1 aliphatic heterocycles. The summed E-state index contributed by atoms with van der Waals surface area (Å²) in [6, 6.07) is 20.5. The number of anilines is 1. The largest absolute Gasteiger partial charge is 0.497 e. The summed E-state index contributed by atoms with van der Waals surface area (Å²) in [5.74, 6) is 0.436. The topological polar surface area (TPSA) is 114 Å². The van der Waals surface area contributed by atoms with E-state index >= 15 is 0 Å². The third kappa shape index (κ3) is 8.22. The van der Waals surface area contributed by atoms with E-state index < -0.39 is 28.5 Å². The van der Waals surface area contributed by atoms with E-state index in [-0.39, 0.29) is 36.4 Å². The Bertz CT molecular complexity index is 1530. The molecule has 0 aliphatic carbocycles. The number of benzene rings is 3. The number of amides is 2. The zero-order chi connectivity index (χ0) is 31.7. The maximum atomic E-state index is 14.4. The molecule has 44 heavy (non-hydrogen) atoms. The van der Waals surface area contributed by atoms with Gasteiger partial charge in [-0.2, -0.15) is 0 Å². The molecular formula is C33H41N3O7S. The highest BCUT2D eigenvalue weighted by molar-refractivity contribution is 7.92. The Morgan fingerprint density at radius 2 is 1.64 bits per heavy atom. The van der Waals surface area contributed by atoms with Crippen molar-refractivity contribution in [1.82, 2.24) is 10.2 Å². The second-order valence-electron chi connectivity index (χ2n) is 10.6. The minimum atomic E-state index is -3.91. The lowest BCUT2D eigenvalue weighted by Crippen LogP contribution is -2.54. The molecule has 0 saturated heterocycles. The van der Waals surface area contributed by atoms with Gasteiger partial charge in [0.1, 0.15) is 31.5 Å². The van der Waals surface area contributed by atoms with Gasteiger partial charge < -0.3 is 24.4 Å². The van der Waals surface area contributed by atoms with Crippen molar-refractivity contribution in [1.29, 1.82) is 0 Å². The van der Waals surface area contributed by atoms with E-state index in [1.54, 1.807) is 37.4 Å². The number of nitrogens with one attached hydrogen (secondary N) is 1. The summed E-state index contributed by atoms with van der Waals surface area (Å²) in [5.41, 5.74) is 1.87. The average molecular weight is 624 g/mol. The van der Waals surface area contributed by atoms with Gasteiger partial charge >= 0.3 is 0 Å². The zero-order valence-corrected chi connectivity index (χ0v) is 26.5. The van der Waals surface area contributed by atoms with Crippen molar-refractivity contribution in [2.24, 2.45) is 0 Å². The number of hydrogen-bond donors (Lipinski definition) is 1. The fourth-order valence-corrected chi connectivity index (χ4v) is 5.92. The fourth-order valence-electron chi connectivity index (χ4n) is 4.87. The van der Waals surface area contributed by atoms with Crippen LogP contribution in [0.1, 0.15) is 38.3 Å². The highest BCUT2D eigenvalue weighted by Gasteiger charge is 2.34. The van der Waals surface area contributed by atoms with E-state index in [1.165, 1.54) is 11.8 Å². The van der Waals surface area contributed by atoms with Gasteiger partial charge in [0.05, 0.1) is 18.6 Å². The van der Waals surface area contributed by atoms with Crippen molar-refractivity contribution in [3.63, 3.8) is 0 Å². The van der Waals surface area contributed by atoms with Crippen molar-refractivity contribution in [3.8, 4) is 17.2 Å². The van der Waals surface area contributed by atoms with E-state index in [0.29, 0.717) is 36.9 Å². The van der Waals surface area contributed by atoms with Gasteiger partial charge in [-0.3, -0.25) is 13.9 Å². The molecule has 0 saturated carbocycles. The van der Waals surface area contributed by atoms with Crippen LogP contribution in [0.25, 0.3) is 0 Å². The molecule has 11 heteroatoms. The molecule has 0 aromatic heterocycles. The molecule has 0 radical (unpaired) electrons. The van der Waals surface area contributed by atoms with Gasteiger partial charge in [-0.15, -0.1) is 0 Å². The van der Waals surface area contributed by atoms with Crippen molar-refractivity contribution in [2.45, 2.75) is 52.2 Å². The van der Waals surface area contributed by atoms with E-state index in [0.717, 1.165) is 15.4 Å². The van der Waals surface area contributed by atoms with Crippen LogP contribution in [0.2, 0.25) is 0 Å². The Hall–Kier alpha value is -4.25. The Balaban J connectivity index is 1.76. The Morgan fingerprint density at radius 1 is 0.932 bits per heavy atom. The number of ether oxygens (including phenoxy) is 3. The van der Waals surface area contributed by atoms with Gasteiger partial charge in [0.2, 0.25) is 21.8 Å². The molecule has 2 atom stereocenters. The summed E-state index contributed by atoms with van der Waals surface area (Å²) in [5, 5.41) is 3.03. The van der Waals surface area contributed by atoms with Crippen LogP contribution in [-0.2, 0) is 32.6 Å². The molecular weight excluding hydrogens is 582 g/mol. The number of carbonyl (C=O) groups excluding carboxylic acids is 2. The standard InChI is InChI=1S/C33H41N3O7S/c1-5-24(3)34-33(38)29(20-25-11-8-7-9-12-25)35(22-26-13-10-14-28(19-26)41-4)32(37)23-36(44(39,40)6-2)27-15-16-30-31(21-27)43-18-17-42-30/h7-16,19,21,24,29H,5-6,17-18,20,22-23H2,1-4H3,(H,34,38)/t24-,29-/m1/s1. The molecule has 1 aliphatic rings. The molecule has 1 N–H and O–H groups in total. The molecule has 0 spiro atoms. The lowest BCUT2D eigenvalue weighted by molar-refractivity contribution is -0.140. The summed E-state index contributed by atoms with van der Waals surface area (Å²) >= 11 is 0. The number of nitrogens with zero attached hydrogens (tertiary/aromatic N) is 2. The van der Waals surface area contributed by atoms with Crippen LogP contribution < -0.4 is 23.8 Å². The third-order valence-corrected chi connectivity index (χ3v) is 9.29. The van der Waals surface area contributed by atoms with Crippen LogP contribution in [0.15, 0.2) is 72.8 Å². The second-order valence-corrected chi connectivity index (χ2v) is 12.8. The highest BCUT2D eigenvalue weighted by atomic mass is 32.2. The first kappa shape index (κ1) is 32.7. The van der Waals surface area contributed by atoms with Crippen LogP contribution in [0.3, 0.4) is 0 Å². The zero-order valence-electron chi connectivity index (χ0n) is 25.7. The number of carbonyl (C=O) groups is 2. The first-order valence-corrected chi connectivity index (χ1v) is 16.4. The van der Waals surface area contributed by atoms with Gasteiger partial charge in [-0.1, -0.05) is 49.4 Å². The van der Waals surface area contributed by atoms with Crippen molar-refractivity contribution < 1.29 is 32.2 Å². The van der Waals surface area contributed by atoms with Gasteiger partial charge in [-0.25, -0.2) is 8.42 Å². The van der Waals surface area contributed by atoms with Gasteiger partial charge in [0.25, 0.3) is 0 Å². The molecule has 2 amide bonds. The monoisotopic (exact) mass is 623 g/mol. The van der Waals surface area contributed by atoms with Crippen LogP contribution in [0.5, 0.6) is 17.2 Å². The number of sulfonamides is 1. The maximum absolute atomic E-state index is 14.4. The lowest BCUT2D eigenvalue weighted by atomic mass is 10.0. The molecule has 10 nitrogen and oxygen atoms in total. The molecule has 4 rings (SSSR count). The van der Waals surface area contributed by atoms with E-state index in [2.05, 4.69) is 5.32 Å². The molecule has 236 valence electrons. The lowest BCUT2D eigenvalue weighted by Gasteiger charge is -2.34. The Morgan fingerprint density at radius 3 is 2.32 bits per heavy atom. The molecule has 1 heterocycles. The number of hydrogen-bond acceptors (Lipinski definition) is 7. The molecule has 0 bridgehead atoms. The summed E-state index contributed by atoms with van der Waals surface area (Å²) in [6.45, 7) is 5.67. The van der Waals surface area contributed by atoms with Gasteiger partial charge in [-0.05, 0) is 55.7 Å². The van der Waals surface area contributed by atoms with E-state index in [4.69, 9.17) is 14.2 Å². The fraction of sp³-hybridized carbons (Fsp3) is 0.394. The minimum absolute atomic E-state index is 0.0581. The summed E-state index contributed by atoms with van der Waals surface area (Å²) in [6.07, 6.45) is 0.948. The Kier molecular flexibility index (Phi) is 11.1. The van der Waals surface area contributed by atoms with Crippen molar-refractivity contribution in [3.05, 3.63) is 83.9 Å². The first-order chi connectivity index (χ1) is 21.1. The number of fused-ring (bicyclic) bond motifs is 1. The third-order valence-electron chi connectivity index (χ3n) is 7.55. The normalized spacial score (nSPS) is 13.8. The van der Waals surface area contributed by atoms with Gasteiger partial charge in [0.15, 0.2) is 11.5 Å². The first-order valence-electron chi connectivity index (χ1n) is 14.8. The summed E-state index contributed by atoms with van der Waals surface area (Å²) in [7, 11) is -2.35. The smallest absolute Gasteiger partial charge is 0.244 e. The quantitative estimate of drug-likeness (QED) is 0.287. The van der Waals surface area contributed by atoms with Crippen LogP contribution in [0, 0.1) is 0 Å². The minimum Gasteiger partial charge on any atom is -0.497 e. The van der Waals surface area contributed by atoms with E-state index in [1.807, 2.05) is 56.3 Å². The summed E-state index contributed by atoms with van der Waals surface area (Å²) in [4.78, 5) is 29.7. The van der Waals surface area contributed by atoms with E-state index in [9.17, 15) is 18.0 Å². The molecule has 0 fully saturated rings. The Labute approximate surface area is 260 Å².